The van der Waals surface area contributed by atoms with Gasteiger partial charge in [0.25, 0.3) is 5.91 Å². The van der Waals surface area contributed by atoms with Crippen LogP contribution >= 0.6 is 0 Å². The number of nitro groups is 1. The van der Waals surface area contributed by atoms with Crippen LogP contribution in [0.3, 0.4) is 0 Å². The first-order valence-electron chi connectivity index (χ1n) is 10.3. The number of likely N-dealkylation sites (tertiary alicyclic amines) is 1. The number of nitrogens with one attached hydrogen (secondary N) is 1. The Kier molecular flexibility index (Phi) is 4.76. The number of aromatic amines is 1. The van der Waals surface area contributed by atoms with Crippen molar-refractivity contribution >= 4 is 11.6 Å². The van der Waals surface area contributed by atoms with Gasteiger partial charge in [-0.1, -0.05) is 0 Å². The lowest BCUT2D eigenvalue weighted by Crippen LogP contribution is -2.49. The number of hydrogen-bond acceptors (Lipinski definition) is 6. The van der Waals surface area contributed by atoms with Gasteiger partial charge >= 0.3 is 11.2 Å². The quantitative estimate of drug-likeness (QED) is 0.496. The third-order valence-corrected chi connectivity index (χ3v) is 6.32. The normalized spacial score (nSPS) is 19.3. The van der Waals surface area contributed by atoms with E-state index in [4.69, 9.17) is 4.74 Å². The Labute approximate surface area is 182 Å². The maximum atomic E-state index is 13.4. The van der Waals surface area contributed by atoms with Gasteiger partial charge in [-0.15, -0.1) is 0 Å². The number of rotatable bonds is 4. The summed E-state index contributed by atoms with van der Waals surface area (Å²) >= 11 is 0. The van der Waals surface area contributed by atoms with Crippen LogP contribution < -0.4 is 10.3 Å². The van der Waals surface area contributed by atoms with Crippen molar-refractivity contribution in [1.82, 2.24) is 19.7 Å². The lowest BCUT2D eigenvalue weighted by Gasteiger charge is -2.42. The Morgan fingerprint density at radius 2 is 1.97 bits per heavy atom. The molecule has 1 N–H and O–H groups in total. The Hall–Kier alpha value is -3.95. The minimum absolute atomic E-state index is 0.0451. The van der Waals surface area contributed by atoms with E-state index in [1.165, 1.54) is 16.8 Å². The van der Waals surface area contributed by atoms with Gasteiger partial charge in [0.15, 0.2) is 0 Å². The van der Waals surface area contributed by atoms with Gasteiger partial charge in [-0.05, 0) is 42.7 Å². The molecule has 2 atom stereocenters. The zero-order chi connectivity index (χ0) is 22.4. The number of aromatic nitrogens is 3. The van der Waals surface area contributed by atoms with Crippen molar-refractivity contribution in [3.63, 3.8) is 0 Å². The van der Waals surface area contributed by atoms with Crippen LogP contribution in [0.1, 0.15) is 28.4 Å². The molecule has 2 bridgehead atoms. The zero-order valence-electron chi connectivity index (χ0n) is 17.4. The summed E-state index contributed by atoms with van der Waals surface area (Å²) in [6.07, 6.45) is 2.38. The molecule has 0 spiro atoms. The maximum absolute atomic E-state index is 13.4. The Balaban J connectivity index is 1.43. The van der Waals surface area contributed by atoms with Crippen molar-refractivity contribution < 1.29 is 14.5 Å². The minimum Gasteiger partial charge on any atom is -0.497 e. The molecule has 1 saturated heterocycles. The molecule has 2 aliphatic heterocycles. The van der Waals surface area contributed by atoms with E-state index in [0.717, 1.165) is 23.4 Å². The maximum Gasteiger partial charge on any atom is 0.334 e. The first-order chi connectivity index (χ1) is 15.5. The van der Waals surface area contributed by atoms with Gasteiger partial charge in [0.05, 0.1) is 29.5 Å². The Morgan fingerprint density at radius 1 is 1.19 bits per heavy atom. The molecule has 2 aliphatic rings. The molecular formula is C22H21N5O5. The number of H-pyrrole nitrogens is 1. The summed E-state index contributed by atoms with van der Waals surface area (Å²) in [7, 11) is 1.60. The molecule has 3 aromatic rings. The van der Waals surface area contributed by atoms with Gasteiger partial charge in [-0.3, -0.25) is 24.8 Å². The van der Waals surface area contributed by atoms with Crippen LogP contribution in [-0.2, 0) is 6.54 Å². The Morgan fingerprint density at radius 3 is 2.69 bits per heavy atom. The number of amides is 1. The molecule has 0 saturated carbocycles. The standard InChI is InChI=1S/C22H21N5O5/c1-32-16-4-2-14(3-5-16)20-17(9-23-24-20)21(28)25-10-13-8-15(12-25)18-6-7-19(27(30)31)22(29)26(18)11-13/h2-7,9,13,15H,8,10-12H2,1H3,(H,23,24)/t13-,15+/m0/s1. The molecule has 0 unspecified atom stereocenters. The van der Waals surface area contributed by atoms with Crippen LogP contribution in [0, 0.1) is 16.0 Å². The van der Waals surface area contributed by atoms with Crippen molar-refractivity contribution in [2.45, 2.75) is 18.9 Å². The van der Waals surface area contributed by atoms with Crippen molar-refractivity contribution in [3.8, 4) is 17.0 Å². The highest BCUT2D eigenvalue weighted by Crippen LogP contribution is 2.36. The zero-order valence-corrected chi connectivity index (χ0v) is 17.4. The average molecular weight is 435 g/mol. The molecule has 1 amide bonds. The van der Waals surface area contributed by atoms with Crippen molar-refractivity contribution in [2.24, 2.45) is 5.92 Å². The second-order valence-electron chi connectivity index (χ2n) is 8.21. The summed E-state index contributed by atoms with van der Waals surface area (Å²) in [6, 6.07) is 10.3. The second kappa shape index (κ2) is 7.63. The highest BCUT2D eigenvalue weighted by molar-refractivity contribution is 5.99. The van der Waals surface area contributed by atoms with Crippen LogP contribution in [0.5, 0.6) is 5.75 Å². The third-order valence-electron chi connectivity index (χ3n) is 6.32. The number of carbonyl (C=O) groups is 1. The molecule has 0 aliphatic carbocycles. The summed E-state index contributed by atoms with van der Waals surface area (Å²) in [5.41, 5.74) is 1.71. The van der Waals surface area contributed by atoms with Crippen LogP contribution in [0.25, 0.3) is 11.3 Å². The fourth-order valence-electron chi connectivity index (χ4n) is 4.84. The SMILES string of the molecule is COc1ccc(-c2[nH]ncc2C(=O)N2C[C@@H]3C[C@H](C2)c2ccc([N+](=O)[O-])c(=O)n2C3)cc1. The number of hydrogen-bond donors (Lipinski definition) is 1. The molecule has 2 aromatic heterocycles. The first-order valence-corrected chi connectivity index (χ1v) is 10.3. The minimum atomic E-state index is -0.643. The van der Waals surface area contributed by atoms with Crippen LogP contribution in [-0.4, -0.2) is 50.7 Å². The van der Waals surface area contributed by atoms with Gasteiger partial charge in [0, 0.05) is 42.9 Å². The van der Waals surface area contributed by atoms with Gasteiger partial charge in [-0.2, -0.15) is 5.10 Å². The van der Waals surface area contributed by atoms with E-state index in [0.29, 0.717) is 30.9 Å². The Bertz CT molecular complexity index is 1260. The largest absolute Gasteiger partial charge is 0.497 e. The van der Waals surface area contributed by atoms with Crippen molar-refractivity contribution in [3.05, 3.63) is 74.3 Å². The number of pyridine rings is 1. The number of methoxy groups -OCH3 is 1. The van der Waals surface area contributed by atoms with E-state index < -0.39 is 16.2 Å². The topological polar surface area (TPSA) is 123 Å². The van der Waals surface area contributed by atoms with E-state index in [1.54, 1.807) is 18.1 Å². The van der Waals surface area contributed by atoms with E-state index in [-0.39, 0.29) is 17.7 Å². The van der Waals surface area contributed by atoms with Crippen LogP contribution in [0.4, 0.5) is 5.69 Å². The molecule has 164 valence electrons. The smallest absolute Gasteiger partial charge is 0.334 e. The van der Waals surface area contributed by atoms with E-state index in [1.807, 2.05) is 24.3 Å². The van der Waals surface area contributed by atoms with Gasteiger partial charge < -0.3 is 14.2 Å². The number of ether oxygens (including phenoxy) is 1. The van der Waals surface area contributed by atoms with Crippen LogP contribution in [0.15, 0.2) is 47.4 Å². The summed E-state index contributed by atoms with van der Waals surface area (Å²) < 4.78 is 6.71. The molecule has 10 heteroatoms. The highest BCUT2D eigenvalue weighted by atomic mass is 16.6. The number of nitrogens with zero attached hydrogens (tertiary/aromatic N) is 4. The third kappa shape index (κ3) is 3.24. The molecule has 0 radical (unpaired) electrons. The lowest BCUT2D eigenvalue weighted by atomic mass is 9.83. The first kappa shape index (κ1) is 20.0. The van der Waals surface area contributed by atoms with Gasteiger partial charge in [0.2, 0.25) is 0 Å². The lowest BCUT2D eigenvalue weighted by molar-refractivity contribution is -0.386. The van der Waals surface area contributed by atoms with Gasteiger partial charge in [-0.25, -0.2) is 0 Å². The predicted molar refractivity (Wildman–Crippen MR) is 115 cm³/mol. The summed E-state index contributed by atoms with van der Waals surface area (Å²) in [6.45, 7) is 1.30. The molecule has 10 nitrogen and oxygen atoms in total. The summed E-state index contributed by atoms with van der Waals surface area (Å²) in [4.78, 5) is 38.3. The van der Waals surface area contributed by atoms with E-state index >= 15 is 0 Å². The average Bonchev–Trinajstić information content (AvgIpc) is 3.29. The number of fused-ring (bicyclic) bond motifs is 4. The number of carbonyl (C=O) groups excluding carboxylic acids is 1. The number of piperidine rings is 1. The van der Waals surface area contributed by atoms with Crippen molar-refractivity contribution in [1.29, 1.82) is 0 Å². The summed E-state index contributed by atoms with van der Waals surface area (Å²) in [5, 5.41) is 18.1. The monoisotopic (exact) mass is 435 g/mol. The predicted octanol–water partition coefficient (Wildman–Crippen LogP) is 2.41. The van der Waals surface area contributed by atoms with Crippen molar-refractivity contribution in [2.75, 3.05) is 20.2 Å². The number of benzene rings is 1. The molecule has 1 aromatic carbocycles. The van der Waals surface area contributed by atoms with Gasteiger partial charge in [0.1, 0.15) is 5.75 Å². The molecule has 4 heterocycles. The molecule has 1 fully saturated rings. The fourth-order valence-corrected chi connectivity index (χ4v) is 4.84. The fraction of sp³-hybridized carbons (Fsp3) is 0.318. The molecule has 5 rings (SSSR count). The molecular weight excluding hydrogens is 414 g/mol. The second-order valence-corrected chi connectivity index (χ2v) is 8.21. The summed E-state index contributed by atoms with van der Waals surface area (Å²) in [5.74, 6) is 0.605. The van der Waals surface area contributed by atoms with E-state index in [2.05, 4.69) is 10.2 Å². The van der Waals surface area contributed by atoms with E-state index in [9.17, 15) is 19.7 Å². The van der Waals surface area contributed by atoms with Crippen LogP contribution in [0.2, 0.25) is 0 Å². The molecule has 32 heavy (non-hydrogen) atoms. The highest BCUT2D eigenvalue weighted by Gasteiger charge is 2.38.